The molecule has 196 valence electrons. The molecule has 4 aromatic rings. The number of aromatic hydroxyl groups is 1. The van der Waals surface area contributed by atoms with Crippen molar-refractivity contribution in [2.75, 3.05) is 11.7 Å². The summed E-state index contributed by atoms with van der Waals surface area (Å²) in [5.74, 6) is -3.83. The number of rotatable bonds is 3. The predicted molar refractivity (Wildman–Crippen MR) is 136 cm³/mol. The van der Waals surface area contributed by atoms with Gasteiger partial charge in [0.25, 0.3) is 5.91 Å². The predicted octanol–water partition coefficient (Wildman–Crippen LogP) is 4.19. The van der Waals surface area contributed by atoms with Crippen molar-refractivity contribution in [1.29, 1.82) is 0 Å². The first-order valence-electron chi connectivity index (χ1n) is 12.6. The van der Waals surface area contributed by atoms with Crippen LogP contribution < -0.4 is 10.4 Å². The van der Waals surface area contributed by atoms with Crippen LogP contribution in [0.25, 0.3) is 0 Å². The first-order chi connectivity index (χ1) is 18.8. The summed E-state index contributed by atoms with van der Waals surface area (Å²) in [7, 11) is 0. The molecule has 2 atom stereocenters. The van der Waals surface area contributed by atoms with E-state index < -0.39 is 40.1 Å². The van der Waals surface area contributed by atoms with Crippen LogP contribution in [0, 0.1) is 23.4 Å². The Morgan fingerprint density at radius 1 is 0.872 bits per heavy atom. The van der Waals surface area contributed by atoms with Crippen LogP contribution in [-0.4, -0.2) is 27.3 Å². The van der Waals surface area contributed by atoms with Crippen LogP contribution in [-0.2, 0) is 24.9 Å². The van der Waals surface area contributed by atoms with Crippen molar-refractivity contribution in [2.45, 2.75) is 24.9 Å². The number of pyridine rings is 1. The molecule has 0 saturated heterocycles. The van der Waals surface area contributed by atoms with E-state index in [-0.39, 0.29) is 24.8 Å². The van der Waals surface area contributed by atoms with Gasteiger partial charge in [0.1, 0.15) is 18.0 Å². The third-order valence-electron chi connectivity index (χ3n) is 8.29. The summed E-state index contributed by atoms with van der Waals surface area (Å²) in [6.45, 7) is -0.0173. The molecule has 9 heteroatoms. The molecule has 3 aliphatic rings. The van der Waals surface area contributed by atoms with E-state index >= 15 is 0 Å². The number of carbonyl (C=O) groups excluding carboxylic acids is 1. The molecule has 7 rings (SSSR count). The number of hydrogen-bond acceptors (Lipinski definition) is 4. The minimum absolute atomic E-state index is 0.00263. The van der Waals surface area contributed by atoms with Crippen LogP contribution in [0.2, 0.25) is 0 Å². The highest BCUT2D eigenvalue weighted by atomic mass is 19.2. The second-order valence-electron chi connectivity index (χ2n) is 10.3. The molecular weight excluding hydrogens is 507 g/mol. The molecule has 1 aliphatic heterocycles. The highest BCUT2D eigenvalue weighted by Gasteiger charge is 2.59. The van der Waals surface area contributed by atoms with Crippen LogP contribution in [0.5, 0.6) is 5.75 Å². The summed E-state index contributed by atoms with van der Waals surface area (Å²) < 4.78 is 44.7. The number of aromatic nitrogens is 1. The van der Waals surface area contributed by atoms with Gasteiger partial charge >= 0.3 is 0 Å². The average Bonchev–Trinajstić information content (AvgIpc) is 3.39. The first kappa shape index (κ1) is 23.6. The van der Waals surface area contributed by atoms with Crippen molar-refractivity contribution in [2.24, 2.45) is 5.92 Å². The minimum Gasteiger partial charge on any atom is -0.502 e. The molecule has 0 spiro atoms. The lowest BCUT2D eigenvalue weighted by Crippen LogP contribution is -2.63. The summed E-state index contributed by atoms with van der Waals surface area (Å²) in [5.41, 5.74) is 1.69. The monoisotopic (exact) mass is 529 g/mol. The largest absolute Gasteiger partial charge is 0.502 e. The van der Waals surface area contributed by atoms with E-state index in [0.29, 0.717) is 29.5 Å². The topological polar surface area (TPSA) is 65.8 Å². The molecule has 0 fully saturated rings. The third-order valence-corrected chi connectivity index (χ3v) is 8.29. The molecule has 1 amide bonds. The van der Waals surface area contributed by atoms with E-state index in [1.54, 1.807) is 12.1 Å². The third kappa shape index (κ3) is 3.22. The van der Waals surface area contributed by atoms with Gasteiger partial charge in [0.2, 0.25) is 5.43 Å². The van der Waals surface area contributed by atoms with Crippen molar-refractivity contribution < 1.29 is 23.1 Å². The fourth-order valence-electron chi connectivity index (χ4n) is 6.77. The second-order valence-corrected chi connectivity index (χ2v) is 10.3. The van der Waals surface area contributed by atoms with Gasteiger partial charge in [-0.25, -0.2) is 13.2 Å². The molecule has 6 nitrogen and oxygen atoms in total. The van der Waals surface area contributed by atoms with Crippen molar-refractivity contribution in [1.82, 2.24) is 9.58 Å². The van der Waals surface area contributed by atoms with Gasteiger partial charge in [-0.1, -0.05) is 36.4 Å². The Bertz CT molecular complexity index is 1750. The molecule has 2 unspecified atom stereocenters. The lowest BCUT2D eigenvalue weighted by molar-refractivity contribution is 0.0630. The summed E-state index contributed by atoms with van der Waals surface area (Å²) in [4.78, 5) is 27.6. The smallest absolute Gasteiger partial charge is 0.278 e. The molecule has 0 bridgehead atoms. The number of amides is 1. The van der Waals surface area contributed by atoms with Gasteiger partial charge in [0.15, 0.2) is 23.1 Å². The fourth-order valence-corrected chi connectivity index (χ4v) is 6.77. The van der Waals surface area contributed by atoms with Crippen molar-refractivity contribution in [3.63, 3.8) is 0 Å². The summed E-state index contributed by atoms with van der Waals surface area (Å²) >= 11 is 0. The van der Waals surface area contributed by atoms with Gasteiger partial charge in [0, 0.05) is 24.7 Å². The molecule has 0 saturated carbocycles. The van der Waals surface area contributed by atoms with E-state index in [1.807, 2.05) is 29.3 Å². The lowest BCUT2D eigenvalue weighted by atomic mass is 9.81. The Morgan fingerprint density at radius 3 is 2.46 bits per heavy atom. The number of benzene rings is 3. The first-order valence-corrected chi connectivity index (χ1v) is 12.6. The summed E-state index contributed by atoms with van der Waals surface area (Å²) in [5, 5.41) is 12.7. The maximum absolute atomic E-state index is 14.8. The standard InChI is InChI=1S/C30H22F3N3O3/c31-21-6-3-4-17(10-21)15-34-16-36(35-9-8-26(37)28(38)27(35)29(34)39)30-20(11-18-5-1-2-7-22(18)30)12-19-13-24(32)25(33)14-23(19)30/h1-10,13-14,20,38H,11-12,15-16H2. The maximum atomic E-state index is 14.8. The highest BCUT2D eigenvalue weighted by Crippen LogP contribution is 2.57. The Morgan fingerprint density at radius 2 is 1.64 bits per heavy atom. The number of hydrogen-bond donors (Lipinski definition) is 1. The number of carbonyl (C=O) groups is 1. The van der Waals surface area contributed by atoms with Crippen LogP contribution in [0.4, 0.5) is 13.2 Å². The van der Waals surface area contributed by atoms with E-state index in [2.05, 4.69) is 0 Å². The number of halogens is 3. The Labute approximate surface area is 221 Å². The van der Waals surface area contributed by atoms with Gasteiger partial charge in [-0.15, -0.1) is 0 Å². The van der Waals surface area contributed by atoms with Crippen LogP contribution in [0.3, 0.4) is 0 Å². The van der Waals surface area contributed by atoms with E-state index in [0.717, 1.165) is 11.1 Å². The molecule has 1 N–H and O–H groups in total. The van der Waals surface area contributed by atoms with E-state index in [1.165, 1.54) is 46.1 Å². The van der Waals surface area contributed by atoms with Gasteiger partial charge in [0.05, 0.1) is 0 Å². The molecule has 2 heterocycles. The fraction of sp³-hybridized carbons (Fsp3) is 0.200. The molecule has 3 aromatic carbocycles. The molecular formula is C30H22F3N3O3. The van der Waals surface area contributed by atoms with E-state index in [9.17, 15) is 27.9 Å². The Balaban J connectivity index is 1.49. The van der Waals surface area contributed by atoms with E-state index in [4.69, 9.17) is 0 Å². The normalized spacial score (nSPS) is 21.0. The van der Waals surface area contributed by atoms with Crippen molar-refractivity contribution in [3.8, 4) is 5.75 Å². The SMILES string of the molecule is O=C1c2c(O)c(=O)ccn2N(C23c4ccccc4CC2Cc2cc(F)c(F)cc23)CN1Cc1cccc(F)c1. The Hall–Kier alpha value is -4.53. The van der Waals surface area contributed by atoms with Gasteiger partial charge < -0.3 is 10.0 Å². The van der Waals surface area contributed by atoms with Gasteiger partial charge in [-0.2, -0.15) is 0 Å². The summed E-state index contributed by atoms with van der Waals surface area (Å²) in [6, 6.07) is 17.2. The molecule has 2 aliphatic carbocycles. The second kappa shape index (κ2) is 8.23. The zero-order chi connectivity index (χ0) is 27.1. The highest BCUT2D eigenvalue weighted by molar-refractivity contribution is 5.96. The quantitative estimate of drug-likeness (QED) is 0.432. The lowest BCUT2D eigenvalue weighted by Gasteiger charge is -2.50. The minimum atomic E-state index is -1.03. The number of fused-ring (bicyclic) bond motifs is 6. The maximum Gasteiger partial charge on any atom is 0.278 e. The van der Waals surface area contributed by atoms with Crippen LogP contribution in [0.1, 0.15) is 38.3 Å². The zero-order valence-corrected chi connectivity index (χ0v) is 20.6. The van der Waals surface area contributed by atoms with Crippen LogP contribution >= 0.6 is 0 Å². The van der Waals surface area contributed by atoms with Crippen LogP contribution in [0.15, 0.2) is 77.7 Å². The molecule has 0 radical (unpaired) electrons. The van der Waals surface area contributed by atoms with Crippen molar-refractivity contribution in [3.05, 3.63) is 134 Å². The van der Waals surface area contributed by atoms with Gasteiger partial charge in [-0.05, 0) is 64.9 Å². The Kier molecular flexibility index (Phi) is 4.98. The summed E-state index contributed by atoms with van der Waals surface area (Å²) in [6.07, 6.45) is 2.53. The number of nitrogens with zero attached hydrogens (tertiary/aromatic N) is 3. The molecule has 39 heavy (non-hydrogen) atoms. The average molecular weight is 530 g/mol. The zero-order valence-electron chi connectivity index (χ0n) is 20.6. The molecule has 1 aromatic heterocycles. The van der Waals surface area contributed by atoms with Crippen molar-refractivity contribution >= 4 is 5.91 Å². The van der Waals surface area contributed by atoms with Gasteiger partial charge in [-0.3, -0.25) is 19.3 Å².